The molecule has 0 aliphatic carbocycles. The summed E-state index contributed by atoms with van der Waals surface area (Å²) in [7, 11) is 1.55. The molecule has 2 heterocycles. The van der Waals surface area contributed by atoms with E-state index < -0.39 is 17.7 Å². The van der Waals surface area contributed by atoms with Gasteiger partial charge in [0.1, 0.15) is 23.4 Å². The number of benzene rings is 3. The molecule has 3 aromatic carbocycles. The third kappa shape index (κ3) is 3.94. The zero-order valence-electron chi connectivity index (χ0n) is 19.5. The van der Waals surface area contributed by atoms with E-state index in [9.17, 15) is 14.7 Å². The number of fused-ring (bicyclic) bond motifs is 1. The minimum absolute atomic E-state index is 0.00636. The van der Waals surface area contributed by atoms with Crippen LogP contribution in [0.4, 0.5) is 5.69 Å². The molecule has 178 valence electrons. The molecule has 1 fully saturated rings. The molecule has 2 atom stereocenters. The third-order valence-electron chi connectivity index (χ3n) is 6.46. The fourth-order valence-electron chi connectivity index (χ4n) is 4.68. The molecule has 2 unspecified atom stereocenters. The standard InChI is InChI=1S/C28H24ClNO5/c1-15-7-9-20(14-22(15)29)30-25(17-5-4-6-21(13-17)34-3)24(27(32)28(30)33)26(31)18-8-10-23-19(12-18)11-16(2)35-23/h4-10,12-14,16,25,31H,11H2,1-3H3/b26-24-. The normalized spacial score (nSPS) is 20.6. The first-order chi connectivity index (χ1) is 16.8. The quantitative estimate of drug-likeness (QED) is 0.293. The highest BCUT2D eigenvalue weighted by Crippen LogP contribution is 2.44. The monoisotopic (exact) mass is 489 g/mol. The summed E-state index contributed by atoms with van der Waals surface area (Å²) in [4.78, 5) is 28.1. The first kappa shape index (κ1) is 23.0. The number of ether oxygens (including phenoxy) is 2. The molecule has 2 aliphatic rings. The van der Waals surface area contributed by atoms with Gasteiger partial charge in [-0.05, 0) is 73.0 Å². The topological polar surface area (TPSA) is 76.1 Å². The van der Waals surface area contributed by atoms with Crippen LogP contribution in [0.5, 0.6) is 11.5 Å². The first-order valence-electron chi connectivity index (χ1n) is 11.3. The van der Waals surface area contributed by atoms with Gasteiger partial charge >= 0.3 is 0 Å². The highest BCUT2D eigenvalue weighted by atomic mass is 35.5. The van der Waals surface area contributed by atoms with Crippen LogP contribution >= 0.6 is 11.6 Å². The molecule has 35 heavy (non-hydrogen) atoms. The van der Waals surface area contributed by atoms with Crippen molar-refractivity contribution in [1.29, 1.82) is 0 Å². The molecule has 2 aliphatic heterocycles. The molecular formula is C28H24ClNO5. The second kappa shape index (κ2) is 8.78. The van der Waals surface area contributed by atoms with Crippen LogP contribution in [0.1, 0.15) is 35.2 Å². The van der Waals surface area contributed by atoms with E-state index in [4.69, 9.17) is 21.1 Å². The Morgan fingerprint density at radius 3 is 2.66 bits per heavy atom. The van der Waals surface area contributed by atoms with E-state index >= 15 is 0 Å². The van der Waals surface area contributed by atoms with Crippen molar-refractivity contribution in [2.24, 2.45) is 0 Å². The molecule has 1 saturated heterocycles. The second-order valence-corrected chi connectivity index (χ2v) is 9.24. The number of anilines is 1. The number of Topliss-reactive ketones (excluding diaryl/α,β-unsaturated/α-hetero) is 1. The van der Waals surface area contributed by atoms with E-state index in [0.29, 0.717) is 34.0 Å². The molecule has 0 bridgehead atoms. The number of rotatable bonds is 4. The molecule has 0 radical (unpaired) electrons. The van der Waals surface area contributed by atoms with Crippen molar-refractivity contribution in [3.8, 4) is 11.5 Å². The Hall–Kier alpha value is -3.77. The lowest BCUT2D eigenvalue weighted by atomic mass is 9.94. The molecule has 1 N–H and O–H groups in total. The lowest BCUT2D eigenvalue weighted by Gasteiger charge is -2.26. The van der Waals surface area contributed by atoms with E-state index in [1.165, 1.54) is 4.90 Å². The van der Waals surface area contributed by atoms with Crippen molar-refractivity contribution in [2.45, 2.75) is 32.4 Å². The maximum Gasteiger partial charge on any atom is 0.300 e. The van der Waals surface area contributed by atoms with Crippen LogP contribution in [0.3, 0.4) is 0 Å². The van der Waals surface area contributed by atoms with E-state index in [1.54, 1.807) is 61.7 Å². The Morgan fingerprint density at radius 2 is 1.91 bits per heavy atom. The number of halogens is 1. The minimum atomic E-state index is -0.868. The average Bonchev–Trinajstić information content (AvgIpc) is 3.36. The summed E-state index contributed by atoms with van der Waals surface area (Å²) in [5.74, 6) is -0.416. The van der Waals surface area contributed by atoms with E-state index in [2.05, 4.69) is 0 Å². The summed E-state index contributed by atoms with van der Waals surface area (Å²) in [5, 5.41) is 11.9. The van der Waals surface area contributed by atoms with Crippen LogP contribution in [0, 0.1) is 6.92 Å². The predicted octanol–water partition coefficient (Wildman–Crippen LogP) is 5.61. The Bertz CT molecular complexity index is 1400. The van der Waals surface area contributed by atoms with Gasteiger partial charge in [0.15, 0.2) is 0 Å². The number of aliphatic hydroxyl groups excluding tert-OH is 1. The molecule has 0 spiro atoms. The van der Waals surface area contributed by atoms with Gasteiger partial charge in [0.25, 0.3) is 11.7 Å². The highest BCUT2D eigenvalue weighted by molar-refractivity contribution is 6.51. The summed E-state index contributed by atoms with van der Waals surface area (Å²) >= 11 is 6.36. The van der Waals surface area contributed by atoms with Crippen molar-refractivity contribution >= 4 is 34.7 Å². The summed E-state index contributed by atoms with van der Waals surface area (Å²) < 4.78 is 11.1. The van der Waals surface area contributed by atoms with Crippen LogP contribution in [0.15, 0.2) is 66.2 Å². The van der Waals surface area contributed by atoms with E-state index in [-0.39, 0.29) is 17.4 Å². The zero-order chi connectivity index (χ0) is 24.9. The summed E-state index contributed by atoms with van der Waals surface area (Å²) in [6.45, 7) is 3.83. The number of nitrogens with zero attached hydrogens (tertiary/aromatic N) is 1. The number of carbonyl (C=O) groups is 2. The van der Waals surface area contributed by atoms with Crippen molar-refractivity contribution in [3.63, 3.8) is 0 Å². The van der Waals surface area contributed by atoms with Gasteiger partial charge in [-0.25, -0.2) is 0 Å². The van der Waals surface area contributed by atoms with Crippen LogP contribution in [0.2, 0.25) is 5.02 Å². The zero-order valence-corrected chi connectivity index (χ0v) is 20.3. The molecular weight excluding hydrogens is 466 g/mol. The maximum atomic E-state index is 13.4. The SMILES string of the molecule is COc1cccc(C2/C(=C(/O)c3ccc4c(c3)CC(C)O4)C(=O)C(=O)N2c2ccc(C)c(Cl)c2)c1. The van der Waals surface area contributed by atoms with E-state index in [1.807, 2.05) is 19.9 Å². The van der Waals surface area contributed by atoms with Crippen molar-refractivity contribution in [2.75, 3.05) is 12.0 Å². The number of amides is 1. The molecule has 6 nitrogen and oxygen atoms in total. The number of aryl methyl sites for hydroxylation is 1. The Morgan fingerprint density at radius 1 is 1.11 bits per heavy atom. The number of aliphatic hydroxyl groups is 1. The van der Waals surface area contributed by atoms with Gasteiger partial charge in [0, 0.05) is 22.7 Å². The number of methoxy groups -OCH3 is 1. The lowest BCUT2D eigenvalue weighted by molar-refractivity contribution is -0.132. The maximum absolute atomic E-state index is 13.4. The van der Waals surface area contributed by atoms with Gasteiger partial charge in [0.2, 0.25) is 0 Å². The number of carbonyl (C=O) groups excluding carboxylic acids is 2. The molecule has 5 rings (SSSR count). The Kier molecular flexibility index (Phi) is 5.77. The van der Waals surface area contributed by atoms with Gasteiger partial charge in [-0.3, -0.25) is 14.5 Å². The average molecular weight is 490 g/mol. The summed E-state index contributed by atoms with van der Waals surface area (Å²) in [6, 6.07) is 16.7. The summed E-state index contributed by atoms with van der Waals surface area (Å²) in [5.41, 5.74) is 3.34. The van der Waals surface area contributed by atoms with E-state index in [0.717, 1.165) is 16.9 Å². The number of ketones is 1. The second-order valence-electron chi connectivity index (χ2n) is 8.83. The molecule has 3 aromatic rings. The fourth-order valence-corrected chi connectivity index (χ4v) is 4.86. The van der Waals surface area contributed by atoms with Crippen molar-refractivity contribution < 1.29 is 24.2 Å². The third-order valence-corrected chi connectivity index (χ3v) is 6.86. The summed E-state index contributed by atoms with van der Waals surface area (Å²) in [6.07, 6.45) is 0.738. The number of hydrogen-bond donors (Lipinski definition) is 1. The first-order valence-corrected chi connectivity index (χ1v) is 11.7. The van der Waals surface area contributed by atoms with Gasteiger partial charge in [-0.2, -0.15) is 0 Å². The Labute approximate surface area is 208 Å². The minimum Gasteiger partial charge on any atom is -0.507 e. The molecule has 7 heteroatoms. The molecule has 1 amide bonds. The largest absolute Gasteiger partial charge is 0.507 e. The lowest BCUT2D eigenvalue weighted by Crippen LogP contribution is -2.29. The van der Waals surface area contributed by atoms with Crippen LogP contribution in [-0.2, 0) is 16.0 Å². The highest BCUT2D eigenvalue weighted by Gasteiger charge is 2.47. The molecule has 0 aromatic heterocycles. The van der Waals surface area contributed by atoms with Crippen LogP contribution < -0.4 is 14.4 Å². The van der Waals surface area contributed by atoms with Crippen LogP contribution in [0.25, 0.3) is 5.76 Å². The van der Waals surface area contributed by atoms with Crippen molar-refractivity contribution in [1.82, 2.24) is 0 Å². The van der Waals surface area contributed by atoms with Gasteiger partial charge in [-0.15, -0.1) is 0 Å². The predicted molar refractivity (Wildman–Crippen MR) is 134 cm³/mol. The number of hydrogen-bond acceptors (Lipinski definition) is 5. The van der Waals surface area contributed by atoms with Gasteiger partial charge < -0.3 is 14.6 Å². The molecule has 0 saturated carbocycles. The van der Waals surface area contributed by atoms with Crippen LogP contribution in [-0.4, -0.2) is 30.0 Å². The smallest absolute Gasteiger partial charge is 0.300 e. The van der Waals surface area contributed by atoms with Crippen molar-refractivity contribution in [3.05, 3.63) is 93.5 Å². The van der Waals surface area contributed by atoms with Gasteiger partial charge in [0.05, 0.1) is 18.7 Å². The van der Waals surface area contributed by atoms with Gasteiger partial charge in [-0.1, -0.05) is 29.8 Å². The fraction of sp³-hybridized carbons (Fsp3) is 0.214. The Balaban J connectivity index is 1.71.